The summed E-state index contributed by atoms with van der Waals surface area (Å²) in [4.78, 5) is 47.8. The zero-order valence-corrected chi connectivity index (χ0v) is 28.8. The van der Waals surface area contributed by atoms with E-state index < -0.39 is 18.0 Å². The van der Waals surface area contributed by atoms with Gasteiger partial charge < -0.3 is 25.8 Å². The molecule has 1 saturated carbocycles. The number of para-hydroxylation sites is 1. The molecule has 0 bridgehead atoms. The third-order valence-electron chi connectivity index (χ3n) is 8.10. The van der Waals surface area contributed by atoms with Crippen molar-refractivity contribution in [3.05, 3.63) is 77.6 Å². The highest BCUT2D eigenvalue weighted by molar-refractivity contribution is 5.89. The predicted molar refractivity (Wildman–Crippen MR) is 185 cm³/mol. The van der Waals surface area contributed by atoms with Crippen LogP contribution >= 0.6 is 0 Å². The van der Waals surface area contributed by atoms with E-state index in [1.54, 1.807) is 17.0 Å². The van der Waals surface area contributed by atoms with E-state index in [0.717, 1.165) is 30.5 Å². The second-order valence-electron chi connectivity index (χ2n) is 11.6. The molecule has 2 aromatic carbocycles. The van der Waals surface area contributed by atoms with Crippen LogP contribution in [0.2, 0.25) is 0 Å². The molecule has 11 heteroatoms. The van der Waals surface area contributed by atoms with Crippen LogP contribution in [0, 0.1) is 17.7 Å². The lowest BCUT2D eigenvalue weighted by Gasteiger charge is -2.22. The predicted octanol–water partition coefficient (Wildman–Crippen LogP) is 6.74. The van der Waals surface area contributed by atoms with Gasteiger partial charge in [-0.1, -0.05) is 76.1 Å². The van der Waals surface area contributed by atoms with E-state index in [0.29, 0.717) is 37.6 Å². The number of likely N-dealkylation sites (tertiary alicyclic amines) is 1. The number of halogens is 1. The molecule has 3 aliphatic rings. The number of rotatable bonds is 11. The first kappa shape index (κ1) is 39.8. The number of ether oxygens (including phenoxy) is 1. The van der Waals surface area contributed by atoms with Crippen LogP contribution in [-0.4, -0.2) is 64.5 Å². The molecule has 0 aromatic heterocycles. The van der Waals surface area contributed by atoms with Crippen LogP contribution in [-0.2, 0) is 32.2 Å². The summed E-state index contributed by atoms with van der Waals surface area (Å²) in [5.74, 6) is -0.208. The van der Waals surface area contributed by atoms with Crippen molar-refractivity contribution in [1.82, 2.24) is 9.80 Å². The molecule has 2 heterocycles. The Balaban J connectivity index is 0.000000247. The maximum absolute atomic E-state index is 13.1. The van der Waals surface area contributed by atoms with E-state index in [4.69, 9.17) is 15.6 Å². The topological polar surface area (TPSA) is 142 Å². The number of hydrogen-bond acceptors (Lipinski definition) is 6. The minimum atomic E-state index is -1.00. The Morgan fingerprint density at radius 1 is 1.04 bits per heavy atom. The van der Waals surface area contributed by atoms with Crippen molar-refractivity contribution in [2.24, 2.45) is 17.6 Å². The third kappa shape index (κ3) is 13.0. The van der Waals surface area contributed by atoms with Crippen LogP contribution in [0.4, 0.5) is 14.9 Å². The number of carboxylic acid groups (broad SMARTS) is 1. The first-order valence-electron chi connectivity index (χ1n) is 17.1. The Morgan fingerprint density at radius 2 is 1.77 bits per heavy atom. The number of amides is 3. The average molecular weight is 669 g/mol. The molecule has 4 N–H and O–H groups in total. The Hall–Kier alpha value is -4.41. The number of unbranched alkanes of at least 4 members (excludes halogenated alkanes) is 3. The number of allylic oxidation sites excluding steroid dienone is 2. The average Bonchev–Trinajstić information content (AvgIpc) is 3.45. The van der Waals surface area contributed by atoms with Crippen molar-refractivity contribution < 1.29 is 33.4 Å². The molecule has 3 atom stereocenters. The molecule has 48 heavy (non-hydrogen) atoms. The fourth-order valence-corrected chi connectivity index (χ4v) is 5.44. The van der Waals surface area contributed by atoms with Gasteiger partial charge in [-0.3, -0.25) is 19.3 Å². The van der Waals surface area contributed by atoms with Crippen molar-refractivity contribution in [3.63, 3.8) is 0 Å². The quantitative estimate of drug-likeness (QED) is 0.137. The molecule has 3 unspecified atom stereocenters. The molecule has 2 aliphatic heterocycles. The zero-order chi connectivity index (χ0) is 35.5. The Kier molecular flexibility index (Phi) is 17.8. The van der Waals surface area contributed by atoms with Crippen LogP contribution in [0.15, 0.2) is 60.7 Å². The van der Waals surface area contributed by atoms with Crippen molar-refractivity contribution in [3.8, 4) is 0 Å². The van der Waals surface area contributed by atoms with Gasteiger partial charge >= 0.3 is 12.1 Å². The van der Waals surface area contributed by atoms with Crippen LogP contribution in [0.3, 0.4) is 0 Å². The monoisotopic (exact) mass is 668 g/mol. The molecule has 0 radical (unpaired) electrons. The van der Waals surface area contributed by atoms with Gasteiger partial charge in [0.05, 0.1) is 25.6 Å². The lowest BCUT2D eigenvalue weighted by atomic mass is 10.1. The molecular weight excluding hydrogens is 615 g/mol. The molecule has 10 nitrogen and oxygen atoms in total. The molecule has 3 amide bonds. The number of nitrogens with two attached hydrogens (primary N) is 1. The van der Waals surface area contributed by atoms with Crippen LogP contribution in [0.1, 0.15) is 83.8 Å². The fourth-order valence-electron chi connectivity index (χ4n) is 5.44. The summed E-state index contributed by atoms with van der Waals surface area (Å²) in [6.45, 7) is 9.83. The molecule has 264 valence electrons. The molecule has 2 aromatic rings. The number of fused-ring (bicyclic) bond motifs is 1. The number of nitrogens with zero attached hydrogens (tertiary/aromatic N) is 2. The molecule has 1 aliphatic carbocycles. The van der Waals surface area contributed by atoms with Gasteiger partial charge in [0, 0.05) is 24.3 Å². The molecule has 5 rings (SSSR count). The second-order valence-corrected chi connectivity index (χ2v) is 11.6. The maximum atomic E-state index is 13.1. The van der Waals surface area contributed by atoms with Gasteiger partial charge in [-0.15, -0.1) is 0 Å². The number of esters is 1. The molecule has 0 spiro atoms. The van der Waals surface area contributed by atoms with Gasteiger partial charge in [-0.05, 0) is 68.7 Å². The SMILES string of the molecule is CC.CCCCC/C=C\C1CC1C(=O)OCC.NC(=O)C1CCCN1C(=O)CNc1ccccc1.O=C(O)N1Cc2cccc(F)c2C1. The highest BCUT2D eigenvalue weighted by Gasteiger charge is 2.42. The standard InChI is InChI=1S/C13H17N3O2.C13H22O2.C9H8FNO2.C2H6/c14-13(18)11-7-4-8-16(11)12(17)9-15-10-5-2-1-3-6-10;1-3-5-6-7-8-9-11-10-12(11)13(14)15-4-2;10-8-3-1-2-6-4-11(9(12)13)5-7(6)8;1-2/h1-3,5-6,11,15H,4,7-9H2,(H2,14,18);8-9,11-12H,3-7,10H2,1-2H3;1-3H,4-5H2,(H,12,13);1-2H3/b;9-8-;;. The summed E-state index contributed by atoms with van der Waals surface area (Å²) in [6.07, 6.45) is 10.9. The van der Waals surface area contributed by atoms with Crippen molar-refractivity contribution in [2.75, 3.05) is 25.0 Å². The van der Waals surface area contributed by atoms with E-state index in [9.17, 15) is 23.6 Å². The minimum absolute atomic E-state index is 0.0132. The van der Waals surface area contributed by atoms with Gasteiger partial charge in [0.15, 0.2) is 0 Å². The fraction of sp³-hybridized carbons (Fsp3) is 0.514. The first-order valence-corrected chi connectivity index (χ1v) is 17.1. The smallest absolute Gasteiger partial charge is 0.407 e. The van der Waals surface area contributed by atoms with Crippen molar-refractivity contribution in [1.29, 1.82) is 0 Å². The Bertz CT molecular complexity index is 1340. The maximum Gasteiger partial charge on any atom is 0.407 e. The number of anilines is 1. The lowest BCUT2D eigenvalue weighted by Crippen LogP contribution is -2.45. The first-order chi connectivity index (χ1) is 23.2. The molecule has 1 saturated heterocycles. The van der Waals surface area contributed by atoms with Gasteiger partial charge in [0.25, 0.3) is 0 Å². The van der Waals surface area contributed by atoms with Gasteiger partial charge in [0.1, 0.15) is 11.9 Å². The van der Waals surface area contributed by atoms with Gasteiger partial charge in [-0.25, -0.2) is 9.18 Å². The van der Waals surface area contributed by atoms with E-state index in [2.05, 4.69) is 24.4 Å². The highest BCUT2D eigenvalue weighted by Crippen LogP contribution is 2.40. The van der Waals surface area contributed by atoms with Crippen LogP contribution in [0.5, 0.6) is 0 Å². The number of carbonyl (C=O) groups excluding carboxylic acids is 3. The van der Waals surface area contributed by atoms with E-state index in [1.165, 1.54) is 30.2 Å². The largest absolute Gasteiger partial charge is 0.466 e. The molecule has 2 fully saturated rings. The van der Waals surface area contributed by atoms with Gasteiger partial charge in [-0.2, -0.15) is 0 Å². The Labute approximate surface area is 284 Å². The van der Waals surface area contributed by atoms with E-state index >= 15 is 0 Å². The Morgan fingerprint density at radius 3 is 2.40 bits per heavy atom. The van der Waals surface area contributed by atoms with Crippen molar-refractivity contribution >= 4 is 29.6 Å². The van der Waals surface area contributed by atoms with Gasteiger partial charge in [0.2, 0.25) is 11.8 Å². The number of nitrogens with one attached hydrogen (secondary N) is 1. The normalized spacial score (nSPS) is 18.6. The minimum Gasteiger partial charge on any atom is -0.466 e. The summed E-state index contributed by atoms with van der Waals surface area (Å²) in [5, 5.41) is 11.7. The lowest BCUT2D eigenvalue weighted by molar-refractivity contribution is -0.144. The summed E-state index contributed by atoms with van der Waals surface area (Å²) >= 11 is 0. The van der Waals surface area contributed by atoms with Crippen LogP contribution < -0.4 is 11.1 Å². The number of carbonyl (C=O) groups is 4. The summed E-state index contributed by atoms with van der Waals surface area (Å²) in [6, 6.07) is 13.8. The summed E-state index contributed by atoms with van der Waals surface area (Å²) in [7, 11) is 0. The third-order valence-corrected chi connectivity index (χ3v) is 8.10. The second kappa shape index (κ2) is 21.5. The summed E-state index contributed by atoms with van der Waals surface area (Å²) < 4.78 is 18.1. The number of primary amides is 1. The van der Waals surface area contributed by atoms with E-state index in [-0.39, 0.29) is 36.7 Å². The number of hydrogen-bond donors (Lipinski definition) is 3. The highest BCUT2D eigenvalue weighted by atomic mass is 19.1. The zero-order valence-electron chi connectivity index (χ0n) is 28.8. The molecular formula is C37H53FN4O6. The van der Waals surface area contributed by atoms with Crippen LogP contribution in [0.25, 0.3) is 0 Å². The number of benzene rings is 2. The van der Waals surface area contributed by atoms with Crippen molar-refractivity contribution in [2.45, 2.75) is 91.8 Å². The summed E-state index contributed by atoms with van der Waals surface area (Å²) in [5.41, 5.74) is 7.44. The van der Waals surface area contributed by atoms with E-state index in [1.807, 2.05) is 51.1 Å².